The average Bonchev–Trinajstić information content (AvgIpc) is 2.95. The highest BCUT2D eigenvalue weighted by Gasteiger charge is 2.20. The lowest BCUT2D eigenvalue weighted by Gasteiger charge is -2.21. The number of hydrogen-bond acceptors (Lipinski definition) is 2. The molecule has 0 saturated carbocycles. The maximum absolute atomic E-state index is 5.85. The van der Waals surface area contributed by atoms with E-state index in [2.05, 4.69) is 41.7 Å². The fourth-order valence-electron chi connectivity index (χ4n) is 3.19. The Bertz CT molecular complexity index is 633. The first-order valence-electron chi connectivity index (χ1n) is 7.04. The number of rotatable bonds is 1. The summed E-state index contributed by atoms with van der Waals surface area (Å²) < 4.78 is 5.85. The van der Waals surface area contributed by atoms with Crippen molar-refractivity contribution in [1.82, 2.24) is 0 Å². The van der Waals surface area contributed by atoms with Crippen LogP contribution < -0.4 is 10.1 Å². The van der Waals surface area contributed by atoms with Crippen LogP contribution >= 0.6 is 0 Å². The van der Waals surface area contributed by atoms with E-state index >= 15 is 0 Å². The van der Waals surface area contributed by atoms with Crippen molar-refractivity contribution in [2.75, 3.05) is 18.5 Å². The van der Waals surface area contributed by atoms with Gasteiger partial charge in [0.05, 0.1) is 6.61 Å². The Kier molecular flexibility index (Phi) is 2.47. The van der Waals surface area contributed by atoms with Crippen LogP contribution in [0.2, 0.25) is 0 Å². The zero-order chi connectivity index (χ0) is 12.7. The Labute approximate surface area is 113 Å². The second-order valence-electron chi connectivity index (χ2n) is 5.25. The summed E-state index contributed by atoms with van der Waals surface area (Å²) in [6.07, 6.45) is 3.40. The summed E-state index contributed by atoms with van der Waals surface area (Å²) in [6.45, 7) is 1.90. The lowest BCUT2D eigenvalue weighted by molar-refractivity contribution is 0.358. The normalized spacial score (nSPS) is 16.2. The van der Waals surface area contributed by atoms with Crippen LogP contribution in [0.5, 0.6) is 5.75 Å². The summed E-state index contributed by atoms with van der Waals surface area (Å²) in [6, 6.07) is 13.1. The second-order valence-corrected chi connectivity index (χ2v) is 5.25. The molecule has 4 rings (SSSR count). The molecule has 2 nitrogen and oxygen atoms in total. The maximum atomic E-state index is 5.85. The van der Waals surface area contributed by atoms with Crippen LogP contribution in [0.4, 0.5) is 5.69 Å². The topological polar surface area (TPSA) is 21.3 Å². The van der Waals surface area contributed by atoms with Crippen molar-refractivity contribution in [3.05, 3.63) is 47.5 Å². The number of benzene rings is 2. The first-order valence-corrected chi connectivity index (χ1v) is 7.04. The molecule has 2 aromatic carbocycles. The van der Waals surface area contributed by atoms with Crippen LogP contribution in [-0.2, 0) is 12.8 Å². The third-order valence-corrected chi connectivity index (χ3v) is 4.10. The Morgan fingerprint density at radius 1 is 0.947 bits per heavy atom. The number of anilines is 1. The van der Waals surface area contributed by atoms with E-state index in [0.717, 1.165) is 31.7 Å². The SMILES string of the molecule is c1cc2c(c(-c3cccc4c3OCC4)c1)CCCN2. The standard InChI is InChI=1S/C17H17NO/c1-4-12-9-11-19-17(12)15(6-1)13-5-2-8-16-14(13)7-3-10-18-16/h1-2,4-6,8,18H,3,7,9-11H2. The number of fused-ring (bicyclic) bond motifs is 2. The first kappa shape index (κ1) is 10.9. The van der Waals surface area contributed by atoms with Crippen LogP contribution in [0.25, 0.3) is 11.1 Å². The molecule has 2 aromatic rings. The Morgan fingerprint density at radius 3 is 2.84 bits per heavy atom. The van der Waals surface area contributed by atoms with Crippen molar-refractivity contribution in [3.63, 3.8) is 0 Å². The molecule has 0 saturated heterocycles. The average molecular weight is 251 g/mol. The molecular formula is C17H17NO. The molecule has 2 heteroatoms. The number of para-hydroxylation sites is 1. The van der Waals surface area contributed by atoms with E-state index in [9.17, 15) is 0 Å². The van der Waals surface area contributed by atoms with Gasteiger partial charge in [0.15, 0.2) is 0 Å². The summed E-state index contributed by atoms with van der Waals surface area (Å²) in [5.74, 6) is 1.10. The first-order chi connectivity index (χ1) is 9.43. The molecule has 0 bridgehead atoms. The van der Waals surface area contributed by atoms with E-state index < -0.39 is 0 Å². The fraction of sp³-hybridized carbons (Fsp3) is 0.294. The van der Waals surface area contributed by atoms with Gasteiger partial charge in [-0.15, -0.1) is 0 Å². The van der Waals surface area contributed by atoms with Gasteiger partial charge in [-0.05, 0) is 35.6 Å². The van der Waals surface area contributed by atoms with Gasteiger partial charge in [0.1, 0.15) is 5.75 Å². The van der Waals surface area contributed by atoms with E-state index in [0.29, 0.717) is 0 Å². The van der Waals surface area contributed by atoms with E-state index in [1.165, 1.54) is 34.4 Å². The van der Waals surface area contributed by atoms with Crippen LogP contribution in [-0.4, -0.2) is 13.2 Å². The Hall–Kier alpha value is -1.96. The highest BCUT2D eigenvalue weighted by Crippen LogP contribution is 2.40. The van der Waals surface area contributed by atoms with E-state index in [1.54, 1.807) is 0 Å². The van der Waals surface area contributed by atoms with Gasteiger partial charge in [0.25, 0.3) is 0 Å². The lowest BCUT2D eigenvalue weighted by atomic mass is 9.91. The van der Waals surface area contributed by atoms with E-state index in [4.69, 9.17) is 4.74 Å². The minimum Gasteiger partial charge on any atom is -0.492 e. The molecule has 2 aliphatic rings. The zero-order valence-corrected chi connectivity index (χ0v) is 10.9. The molecule has 0 amide bonds. The minimum absolute atomic E-state index is 0.819. The highest BCUT2D eigenvalue weighted by atomic mass is 16.5. The van der Waals surface area contributed by atoms with Crippen LogP contribution in [0, 0.1) is 0 Å². The highest BCUT2D eigenvalue weighted by molar-refractivity contribution is 5.80. The van der Waals surface area contributed by atoms with Crippen molar-refractivity contribution < 1.29 is 4.74 Å². The van der Waals surface area contributed by atoms with Crippen molar-refractivity contribution >= 4 is 5.69 Å². The largest absolute Gasteiger partial charge is 0.492 e. The number of nitrogens with one attached hydrogen (secondary N) is 1. The van der Waals surface area contributed by atoms with Crippen LogP contribution in [0.1, 0.15) is 17.5 Å². The van der Waals surface area contributed by atoms with Gasteiger partial charge in [0.2, 0.25) is 0 Å². The van der Waals surface area contributed by atoms with Gasteiger partial charge < -0.3 is 10.1 Å². The van der Waals surface area contributed by atoms with Crippen LogP contribution in [0.15, 0.2) is 36.4 Å². The molecular weight excluding hydrogens is 234 g/mol. The van der Waals surface area contributed by atoms with Gasteiger partial charge in [-0.3, -0.25) is 0 Å². The van der Waals surface area contributed by atoms with Crippen molar-refractivity contribution in [1.29, 1.82) is 0 Å². The fourth-order valence-corrected chi connectivity index (χ4v) is 3.19. The summed E-state index contributed by atoms with van der Waals surface area (Å²) in [5.41, 5.74) is 6.68. The summed E-state index contributed by atoms with van der Waals surface area (Å²) in [5, 5.41) is 3.50. The Morgan fingerprint density at radius 2 is 1.84 bits per heavy atom. The monoisotopic (exact) mass is 251 g/mol. The quantitative estimate of drug-likeness (QED) is 0.835. The molecule has 0 atom stereocenters. The third kappa shape index (κ3) is 1.71. The van der Waals surface area contributed by atoms with Crippen molar-refractivity contribution in [3.8, 4) is 16.9 Å². The molecule has 0 aliphatic carbocycles. The van der Waals surface area contributed by atoms with Gasteiger partial charge in [0, 0.05) is 24.2 Å². The Balaban J connectivity index is 1.92. The van der Waals surface area contributed by atoms with Crippen molar-refractivity contribution in [2.45, 2.75) is 19.3 Å². The van der Waals surface area contributed by atoms with Gasteiger partial charge in [-0.1, -0.05) is 30.3 Å². The van der Waals surface area contributed by atoms with Gasteiger partial charge in [-0.25, -0.2) is 0 Å². The second kappa shape index (κ2) is 4.30. The zero-order valence-electron chi connectivity index (χ0n) is 10.9. The molecule has 0 fully saturated rings. The van der Waals surface area contributed by atoms with E-state index in [1.807, 2.05) is 0 Å². The third-order valence-electron chi connectivity index (χ3n) is 4.10. The van der Waals surface area contributed by atoms with Gasteiger partial charge >= 0.3 is 0 Å². The van der Waals surface area contributed by atoms with E-state index in [-0.39, 0.29) is 0 Å². The molecule has 2 aliphatic heterocycles. The molecule has 0 aromatic heterocycles. The molecule has 19 heavy (non-hydrogen) atoms. The minimum atomic E-state index is 0.819. The predicted molar refractivity (Wildman–Crippen MR) is 77.9 cm³/mol. The number of hydrogen-bond donors (Lipinski definition) is 1. The molecule has 0 radical (unpaired) electrons. The van der Waals surface area contributed by atoms with Crippen LogP contribution in [0.3, 0.4) is 0 Å². The molecule has 0 unspecified atom stereocenters. The van der Waals surface area contributed by atoms with Crippen molar-refractivity contribution in [2.24, 2.45) is 0 Å². The molecule has 96 valence electrons. The smallest absolute Gasteiger partial charge is 0.130 e. The van der Waals surface area contributed by atoms with Gasteiger partial charge in [-0.2, -0.15) is 0 Å². The number of ether oxygens (including phenoxy) is 1. The summed E-state index contributed by atoms with van der Waals surface area (Å²) in [4.78, 5) is 0. The maximum Gasteiger partial charge on any atom is 0.130 e. The predicted octanol–water partition coefficient (Wildman–Crippen LogP) is 3.65. The molecule has 2 heterocycles. The lowest BCUT2D eigenvalue weighted by Crippen LogP contribution is -2.12. The molecule has 0 spiro atoms. The molecule has 1 N–H and O–H groups in total. The summed E-state index contributed by atoms with van der Waals surface area (Å²) in [7, 11) is 0. The summed E-state index contributed by atoms with van der Waals surface area (Å²) >= 11 is 0.